The second-order valence-corrected chi connectivity index (χ2v) is 5.57. The second kappa shape index (κ2) is 7.88. The summed E-state index contributed by atoms with van der Waals surface area (Å²) in [6.45, 7) is 5.37. The summed E-state index contributed by atoms with van der Waals surface area (Å²) in [4.78, 5) is 25.1. The summed E-state index contributed by atoms with van der Waals surface area (Å²) in [6.07, 6.45) is -0.694. The molecule has 0 saturated heterocycles. The van der Waals surface area contributed by atoms with Crippen LogP contribution in [0.2, 0.25) is 5.02 Å². The third kappa shape index (κ3) is 6.04. The Morgan fingerprint density at radius 2 is 2.00 bits per heavy atom. The van der Waals surface area contributed by atoms with Gasteiger partial charge in [0.05, 0.1) is 6.54 Å². The summed E-state index contributed by atoms with van der Waals surface area (Å²) in [5.41, 5.74) is 0. The van der Waals surface area contributed by atoms with E-state index < -0.39 is 6.10 Å². The molecule has 1 aromatic rings. The predicted molar refractivity (Wildman–Crippen MR) is 82.5 cm³/mol. The first-order chi connectivity index (χ1) is 9.79. The van der Waals surface area contributed by atoms with Gasteiger partial charge in [-0.2, -0.15) is 0 Å². The zero-order valence-electron chi connectivity index (χ0n) is 12.7. The van der Waals surface area contributed by atoms with Gasteiger partial charge in [0.2, 0.25) is 5.91 Å². The van der Waals surface area contributed by atoms with Gasteiger partial charge in [-0.05, 0) is 39.0 Å². The molecular weight excluding hydrogens is 292 g/mol. The average Bonchev–Trinajstić information content (AvgIpc) is 2.36. The van der Waals surface area contributed by atoms with Crippen molar-refractivity contribution in [2.24, 2.45) is 0 Å². The van der Waals surface area contributed by atoms with E-state index in [1.54, 1.807) is 38.2 Å². The number of likely N-dealkylation sites (N-methyl/N-ethyl adjacent to an activating group) is 1. The summed E-state index contributed by atoms with van der Waals surface area (Å²) in [5, 5.41) is 3.27. The Kier molecular flexibility index (Phi) is 6.49. The van der Waals surface area contributed by atoms with E-state index in [1.807, 2.05) is 13.8 Å². The highest BCUT2D eigenvalue weighted by molar-refractivity contribution is 6.30. The molecule has 1 unspecified atom stereocenters. The molecule has 0 spiro atoms. The van der Waals surface area contributed by atoms with Gasteiger partial charge in [-0.1, -0.05) is 17.7 Å². The van der Waals surface area contributed by atoms with Gasteiger partial charge in [0.15, 0.2) is 6.10 Å². The number of carbonyl (C=O) groups excluding carboxylic acids is 2. The zero-order valence-corrected chi connectivity index (χ0v) is 13.5. The van der Waals surface area contributed by atoms with E-state index in [0.717, 1.165) is 0 Å². The molecule has 0 bridgehead atoms. The van der Waals surface area contributed by atoms with E-state index in [4.69, 9.17) is 16.3 Å². The highest BCUT2D eigenvalue weighted by Crippen LogP contribution is 2.18. The summed E-state index contributed by atoms with van der Waals surface area (Å²) < 4.78 is 5.53. The molecule has 0 radical (unpaired) electrons. The molecule has 1 rings (SSSR count). The molecular formula is C15H21ClN2O3. The van der Waals surface area contributed by atoms with E-state index in [-0.39, 0.29) is 24.4 Å². The zero-order chi connectivity index (χ0) is 16.0. The van der Waals surface area contributed by atoms with Gasteiger partial charge in [-0.3, -0.25) is 9.59 Å². The molecule has 5 nitrogen and oxygen atoms in total. The molecule has 0 aliphatic heterocycles. The third-order valence-corrected chi connectivity index (χ3v) is 2.90. The average molecular weight is 313 g/mol. The Morgan fingerprint density at radius 3 is 2.57 bits per heavy atom. The first-order valence-electron chi connectivity index (χ1n) is 6.76. The van der Waals surface area contributed by atoms with Crippen molar-refractivity contribution in [3.63, 3.8) is 0 Å². The van der Waals surface area contributed by atoms with E-state index in [0.29, 0.717) is 10.8 Å². The van der Waals surface area contributed by atoms with Crippen LogP contribution >= 0.6 is 11.6 Å². The highest BCUT2D eigenvalue weighted by Gasteiger charge is 2.21. The smallest absolute Gasteiger partial charge is 0.263 e. The topological polar surface area (TPSA) is 58.6 Å². The largest absolute Gasteiger partial charge is 0.481 e. The fourth-order valence-corrected chi connectivity index (χ4v) is 1.95. The fourth-order valence-electron chi connectivity index (χ4n) is 1.77. The van der Waals surface area contributed by atoms with Crippen molar-refractivity contribution in [1.29, 1.82) is 0 Å². The van der Waals surface area contributed by atoms with Crippen molar-refractivity contribution < 1.29 is 14.3 Å². The van der Waals surface area contributed by atoms with Gasteiger partial charge in [0.1, 0.15) is 5.75 Å². The van der Waals surface area contributed by atoms with Crippen LogP contribution in [0.15, 0.2) is 24.3 Å². The molecule has 0 fully saturated rings. The van der Waals surface area contributed by atoms with Crippen LogP contribution in [0.5, 0.6) is 5.75 Å². The standard InChI is InChI=1S/C15H21ClN2O3/c1-10(2)17-14(19)9-18(4)15(20)11(3)21-13-7-5-6-12(16)8-13/h5-8,10-11H,9H2,1-4H3,(H,17,19). The van der Waals surface area contributed by atoms with Crippen LogP contribution < -0.4 is 10.1 Å². The van der Waals surface area contributed by atoms with Crippen LogP contribution in [0.3, 0.4) is 0 Å². The van der Waals surface area contributed by atoms with Crippen molar-refractivity contribution in [2.75, 3.05) is 13.6 Å². The third-order valence-electron chi connectivity index (χ3n) is 2.66. The number of amides is 2. The first kappa shape index (κ1) is 17.3. The predicted octanol–water partition coefficient (Wildman–Crippen LogP) is 2.09. The minimum absolute atomic E-state index is 0.000257. The molecule has 2 amide bonds. The lowest BCUT2D eigenvalue weighted by atomic mass is 10.3. The van der Waals surface area contributed by atoms with Crippen LogP contribution in [0.4, 0.5) is 0 Å². The SMILES string of the molecule is CC(C)NC(=O)CN(C)C(=O)C(C)Oc1cccc(Cl)c1. The minimum Gasteiger partial charge on any atom is -0.481 e. The Hall–Kier alpha value is -1.75. The molecule has 1 N–H and O–H groups in total. The van der Waals surface area contributed by atoms with Crippen LogP contribution in [0, 0.1) is 0 Å². The van der Waals surface area contributed by atoms with Crippen molar-refractivity contribution in [1.82, 2.24) is 10.2 Å². The number of ether oxygens (including phenoxy) is 1. The van der Waals surface area contributed by atoms with E-state index >= 15 is 0 Å². The summed E-state index contributed by atoms with van der Waals surface area (Å²) in [7, 11) is 1.57. The molecule has 6 heteroatoms. The number of rotatable bonds is 6. The first-order valence-corrected chi connectivity index (χ1v) is 7.14. The Labute approximate surface area is 130 Å². The van der Waals surface area contributed by atoms with E-state index in [9.17, 15) is 9.59 Å². The summed E-state index contributed by atoms with van der Waals surface area (Å²) >= 11 is 5.86. The normalized spacial score (nSPS) is 11.9. The lowest BCUT2D eigenvalue weighted by Crippen LogP contribution is -2.44. The number of hydrogen-bond acceptors (Lipinski definition) is 3. The van der Waals surface area contributed by atoms with Crippen LogP contribution in [-0.4, -0.2) is 42.5 Å². The minimum atomic E-state index is -0.694. The van der Waals surface area contributed by atoms with Crippen LogP contribution in [0.25, 0.3) is 0 Å². The van der Waals surface area contributed by atoms with Gasteiger partial charge in [-0.15, -0.1) is 0 Å². The van der Waals surface area contributed by atoms with Crippen molar-refractivity contribution in [3.8, 4) is 5.75 Å². The summed E-state index contributed by atoms with van der Waals surface area (Å²) in [5.74, 6) is 0.0491. The second-order valence-electron chi connectivity index (χ2n) is 5.13. The van der Waals surface area contributed by atoms with Gasteiger partial charge in [-0.25, -0.2) is 0 Å². The van der Waals surface area contributed by atoms with Gasteiger partial charge < -0.3 is 15.0 Å². The molecule has 116 valence electrons. The highest BCUT2D eigenvalue weighted by atomic mass is 35.5. The number of nitrogens with one attached hydrogen (secondary N) is 1. The lowest BCUT2D eigenvalue weighted by molar-refractivity contribution is -0.140. The molecule has 0 aromatic heterocycles. The number of carbonyl (C=O) groups is 2. The maximum Gasteiger partial charge on any atom is 0.263 e. The lowest BCUT2D eigenvalue weighted by Gasteiger charge is -2.22. The Bertz CT molecular complexity index is 505. The molecule has 0 aliphatic carbocycles. The van der Waals surface area contributed by atoms with Crippen LogP contribution in [-0.2, 0) is 9.59 Å². The van der Waals surface area contributed by atoms with Crippen molar-refractivity contribution in [3.05, 3.63) is 29.3 Å². The Balaban J connectivity index is 2.55. The fraction of sp³-hybridized carbons (Fsp3) is 0.467. The van der Waals surface area contributed by atoms with Gasteiger partial charge in [0, 0.05) is 18.1 Å². The monoisotopic (exact) mass is 312 g/mol. The molecule has 0 heterocycles. The molecule has 0 saturated carbocycles. The number of halogens is 1. The van der Waals surface area contributed by atoms with Crippen molar-refractivity contribution >= 4 is 23.4 Å². The molecule has 1 aromatic carbocycles. The van der Waals surface area contributed by atoms with Gasteiger partial charge in [0.25, 0.3) is 5.91 Å². The maximum absolute atomic E-state index is 12.1. The number of nitrogens with zero attached hydrogens (tertiary/aromatic N) is 1. The number of benzene rings is 1. The quantitative estimate of drug-likeness (QED) is 0.875. The van der Waals surface area contributed by atoms with E-state index in [1.165, 1.54) is 4.90 Å². The maximum atomic E-state index is 12.1. The Morgan fingerprint density at radius 1 is 1.33 bits per heavy atom. The van der Waals surface area contributed by atoms with Crippen molar-refractivity contribution in [2.45, 2.75) is 32.9 Å². The number of hydrogen-bond donors (Lipinski definition) is 1. The van der Waals surface area contributed by atoms with E-state index in [2.05, 4.69) is 5.32 Å². The van der Waals surface area contributed by atoms with Crippen LogP contribution in [0.1, 0.15) is 20.8 Å². The van der Waals surface area contributed by atoms with Gasteiger partial charge >= 0.3 is 0 Å². The molecule has 21 heavy (non-hydrogen) atoms. The molecule has 0 aliphatic rings. The molecule has 1 atom stereocenters. The summed E-state index contributed by atoms with van der Waals surface area (Å²) in [6, 6.07) is 6.87.